The van der Waals surface area contributed by atoms with Crippen molar-refractivity contribution in [2.75, 3.05) is 0 Å². The minimum Gasteiger partial charge on any atom is -1.00 e. The van der Waals surface area contributed by atoms with E-state index in [-0.39, 0.29) is 52.7 Å². The Balaban J connectivity index is -0.000000333. The van der Waals surface area contributed by atoms with Gasteiger partial charge >= 0.3 is 43.7 Å². The molecule has 0 bridgehead atoms. The Morgan fingerprint density at radius 3 is 2.36 bits per heavy atom. The second-order valence-corrected chi connectivity index (χ2v) is 2.87. The zero-order valence-electron chi connectivity index (χ0n) is 9.14. The average Bonchev–Trinajstić information content (AvgIpc) is 1.88. The standard InChI is InChI=1S/C8H14O2.Ca.2H/c1-7(9)10-8-5-3-2-4-6-8;;;/h8H,2-6H2,1H3;;;/q;+2;2*-1. The van der Waals surface area contributed by atoms with Crippen molar-refractivity contribution in [2.45, 2.75) is 45.1 Å². The molecule has 0 unspecified atom stereocenters. The molecule has 2 nitrogen and oxygen atoms in total. The van der Waals surface area contributed by atoms with Gasteiger partial charge in [0, 0.05) is 6.92 Å². The Hall–Kier alpha value is 0.730. The van der Waals surface area contributed by atoms with Gasteiger partial charge in [0.2, 0.25) is 0 Å². The Kier molecular flexibility index (Phi) is 6.68. The van der Waals surface area contributed by atoms with Gasteiger partial charge in [-0.1, -0.05) is 6.42 Å². The molecular formula is C8H16CaO2. The van der Waals surface area contributed by atoms with Gasteiger partial charge in [-0.2, -0.15) is 0 Å². The topological polar surface area (TPSA) is 26.3 Å². The Bertz CT molecular complexity index is 127. The molecule has 0 aromatic rings. The van der Waals surface area contributed by atoms with Crippen molar-refractivity contribution in [1.29, 1.82) is 0 Å². The molecular weight excluding hydrogens is 168 g/mol. The summed E-state index contributed by atoms with van der Waals surface area (Å²) in [5.74, 6) is -0.132. The Morgan fingerprint density at radius 2 is 1.91 bits per heavy atom. The SMILES string of the molecule is CC(=O)OC1CCCCC1.[Ca+2].[H-].[H-]. The Morgan fingerprint density at radius 1 is 1.36 bits per heavy atom. The van der Waals surface area contributed by atoms with Crippen molar-refractivity contribution in [3.05, 3.63) is 0 Å². The van der Waals surface area contributed by atoms with Gasteiger partial charge in [0.05, 0.1) is 0 Å². The van der Waals surface area contributed by atoms with Crippen LogP contribution in [0.4, 0.5) is 0 Å². The van der Waals surface area contributed by atoms with Crippen LogP contribution in [0.5, 0.6) is 0 Å². The summed E-state index contributed by atoms with van der Waals surface area (Å²) in [6.45, 7) is 1.48. The quantitative estimate of drug-likeness (QED) is 0.458. The van der Waals surface area contributed by atoms with Crippen LogP contribution in [-0.4, -0.2) is 49.8 Å². The van der Waals surface area contributed by atoms with Crippen molar-refractivity contribution in [1.82, 2.24) is 0 Å². The zero-order chi connectivity index (χ0) is 7.40. The van der Waals surface area contributed by atoms with E-state index in [9.17, 15) is 4.79 Å². The molecule has 11 heavy (non-hydrogen) atoms. The predicted octanol–water partition coefficient (Wildman–Crippen LogP) is 1.73. The molecule has 1 aliphatic carbocycles. The van der Waals surface area contributed by atoms with Crippen molar-refractivity contribution in [3.63, 3.8) is 0 Å². The normalized spacial score (nSPS) is 18.6. The van der Waals surface area contributed by atoms with Gasteiger partial charge in [-0.25, -0.2) is 0 Å². The van der Waals surface area contributed by atoms with E-state index in [4.69, 9.17) is 4.74 Å². The first-order valence-corrected chi connectivity index (χ1v) is 3.96. The molecule has 0 amide bonds. The number of carbonyl (C=O) groups is 1. The van der Waals surface area contributed by atoms with E-state index in [0.29, 0.717) is 0 Å². The van der Waals surface area contributed by atoms with Gasteiger partial charge in [0.25, 0.3) is 0 Å². The summed E-state index contributed by atoms with van der Waals surface area (Å²) < 4.78 is 5.05. The largest absolute Gasteiger partial charge is 2.00 e. The van der Waals surface area contributed by atoms with Crippen LogP contribution in [0.15, 0.2) is 0 Å². The number of ether oxygens (including phenoxy) is 1. The predicted molar refractivity (Wildman–Crippen MR) is 46.6 cm³/mol. The number of hydrogen-bond donors (Lipinski definition) is 0. The maximum Gasteiger partial charge on any atom is 2.00 e. The minimum absolute atomic E-state index is 0. The van der Waals surface area contributed by atoms with Crippen molar-refractivity contribution >= 4 is 43.7 Å². The second kappa shape index (κ2) is 6.27. The van der Waals surface area contributed by atoms with E-state index in [1.807, 2.05) is 0 Å². The van der Waals surface area contributed by atoms with Gasteiger partial charge in [0.15, 0.2) is 0 Å². The molecule has 0 aromatic heterocycles. The van der Waals surface area contributed by atoms with Crippen LogP contribution in [0.1, 0.15) is 41.9 Å². The van der Waals surface area contributed by atoms with E-state index in [1.54, 1.807) is 0 Å². The van der Waals surface area contributed by atoms with Crippen LogP contribution in [-0.2, 0) is 9.53 Å². The summed E-state index contributed by atoms with van der Waals surface area (Å²) in [6, 6.07) is 0. The van der Waals surface area contributed by atoms with Crippen molar-refractivity contribution in [3.8, 4) is 0 Å². The molecule has 1 fully saturated rings. The van der Waals surface area contributed by atoms with Crippen LogP contribution in [0.25, 0.3) is 0 Å². The molecule has 1 aliphatic rings. The molecule has 0 spiro atoms. The molecule has 0 N–H and O–H groups in total. The molecule has 1 saturated carbocycles. The molecule has 0 radical (unpaired) electrons. The monoisotopic (exact) mass is 184 g/mol. The smallest absolute Gasteiger partial charge is 1.00 e. The summed E-state index contributed by atoms with van der Waals surface area (Å²) in [6.07, 6.45) is 6.11. The fourth-order valence-corrected chi connectivity index (χ4v) is 1.42. The molecule has 1 rings (SSSR count). The molecule has 0 aliphatic heterocycles. The van der Waals surface area contributed by atoms with Crippen LogP contribution in [0.2, 0.25) is 0 Å². The van der Waals surface area contributed by atoms with Gasteiger partial charge < -0.3 is 7.59 Å². The second-order valence-electron chi connectivity index (χ2n) is 2.87. The van der Waals surface area contributed by atoms with Crippen LogP contribution in [0, 0.1) is 0 Å². The summed E-state index contributed by atoms with van der Waals surface area (Å²) >= 11 is 0. The van der Waals surface area contributed by atoms with Gasteiger partial charge in [-0.05, 0) is 25.7 Å². The molecule has 0 atom stereocenters. The van der Waals surface area contributed by atoms with Crippen molar-refractivity contribution < 1.29 is 12.4 Å². The molecule has 0 heterocycles. The van der Waals surface area contributed by atoms with E-state index in [2.05, 4.69) is 0 Å². The minimum atomic E-state index is -0.132. The maximum atomic E-state index is 10.5. The number of carbonyl (C=O) groups excluding carboxylic acids is 1. The maximum absolute atomic E-state index is 10.5. The first-order valence-electron chi connectivity index (χ1n) is 3.96. The summed E-state index contributed by atoms with van der Waals surface area (Å²) in [4.78, 5) is 10.5. The fraction of sp³-hybridized carbons (Fsp3) is 0.875. The van der Waals surface area contributed by atoms with Crippen LogP contribution < -0.4 is 0 Å². The summed E-state index contributed by atoms with van der Waals surface area (Å²) in [5.41, 5.74) is 0. The number of hydrogen-bond acceptors (Lipinski definition) is 2. The van der Waals surface area contributed by atoms with E-state index in [0.717, 1.165) is 12.8 Å². The Labute approximate surface area is 101 Å². The third-order valence-electron chi connectivity index (χ3n) is 1.88. The van der Waals surface area contributed by atoms with Crippen molar-refractivity contribution in [2.24, 2.45) is 0 Å². The first kappa shape index (κ1) is 11.7. The van der Waals surface area contributed by atoms with E-state index >= 15 is 0 Å². The third kappa shape index (κ3) is 5.05. The molecule has 0 saturated heterocycles. The average molecular weight is 184 g/mol. The molecule has 3 heteroatoms. The van der Waals surface area contributed by atoms with Crippen LogP contribution in [0.3, 0.4) is 0 Å². The molecule has 62 valence electrons. The van der Waals surface area contributed by atoms with E-state index in [1.165, 1.54) is 26.2 Å². The van der Waals surface area contributed by atoms with E-state index < -0.39 is 0 Å². The zero-order valence-corrected chi connectivity index (χ0v) is 9.34. The number of rotatable bonds is 1. The van der Waals surface area contributed by atoms with Gasteiger partial charge in [-0.15, -0.1) is 0 Å². The first-order chi connectivity index (χ1) is 4.79. The van der Waals surface area contributed by atoms with Crippen LogP contribution >= 0.6 is 0 Å². The van der Waals surface area contributed by atoms with Gasteiger partial charge in [0.1, 0.15) is 6.10 Å². The molecule has 0 aromatic carbocycles. The number of esters is 1. The third-order valence-corrected chi connectivity index (χ3v) is 1.88. The fourth-order valence-electron chi connectivity index (χ4n) is 1.42. The van der Waals surface area contributed by atoms with Gasteiger partial charge in [-0.3, -0.25) is 4.79 Å². The summed E-state index contributed by atoms with van der Waals surface area (Å²) in [5, 5.41) is 0. The summed E-state index contributed by atoms with van der Waals surface area (Å²) in [7, 11) is 0.